The molecule has 0 aliphatic carbocycles. The summed E-state index contributed by atoms with van der Waals surface area (Å²) < 4.78 is 5.17. The number of piperazine rings is 2. The predicted octanol–water partition coefficient (Wildman–Crippen LogP) is 1.51. The molecule has 0 bridgehead atoms. The number of hydrogen-bond donors (Lipinski definition) is 1. The fourth-order valence-electron chi connectivity index (χ4n) is 3.78. The summed E-state index contributed by atoms with van der Waals surface area (Å²) in [6.45, 7) is 2.80. The van der Waals surface area contributed by atoms with Gasteiger partial charge in [0.1, 0.15) is 17.8 Å². The van der Waals surface area contributed by atoms with Gasteiger partial charge in [-0.05, 0) is 40.1 Å². The molecule has 7 heteroatoms. The van der Waals surface area contributed by atoms with Gasteiger partial charge in [-0.3, -0.25) is 14.5 Å². The van der Waals surface area contributed by atoms with E-state index < -0.39 is 12.1 Å². The van der Waals surface area contributed by atoms with Gasteiger partial charge in [0.15, 0.2) is 0 Å². The molecule has 0 spiro atoms. The lowest BCUT2D eigenvalue weighted by atomic mass is 9.98. The molecule has 2 aliphatic rings. The van der Waals surface area contributed by atoms with E-state index in [0.29, 0.717) is 19.5 Å². The average Bonchev–Trinajstić information content (AvgIpc) is 3.19. The fourth-order valence-corrected chi connectivity index (χ4v) is 4.44. The van der Waals surface area contributed by atoms with E-state index >= 15 is 0 Å². The summed E-state index contributed by atoms with van der Waals surface area (Å²) >= 11 is 1.68. The highest BCUT2D eigenvalue weighted by Crippen LogP contribution is 2.21. The Labute approximate surface area is 162 Å². The van der Waals surface area contributed by atoms with Crippen LogP contribution in [0.15, 0.2) is 41.1 Å². The van der Waals surface area contributed by atoms with Gasteiger partial charge in [0.05, 0.1) is 7.11 Å². The SMILES string of the molecule is COc1ccc(C[C@@H]2NC(=O)[C@H]3CN(Cc4ccsc4)CCN3C2=O)cc1. The van der Waals surface area contributed by atoms with Crippen LogP contribution in [0, 0.1) is 0 Å². The maximum absolute atomic E-state index is 12.9. The van der Waals surface area contributed by atoms with Crippen LogP contribution in [-0.2, 0) is 22.6 Å². The first-order chi connectivity index (χ1) is 13.1. The molecule has 1 aromatic carbocycles. The maximum Gasteiger partial charge on any atom is 0.246 e. The second-order valence-electron chi connectivity index (χ2n) is 7.03. The number of ether oxygens (including phenoxy) is 1. The Kier molecular flexibility index (Phi) is 5.13. The summed E-state index contributed by atoms with van der Waals surface area (Å²) in [5.74, 6) is 0.744. The third-order valence-electron chi connectivity index (χ3n) is 5.25. The zero-order chi connectivity index (χ0) is 18.8. The number of nitrogens with one attached hydrogen (secondary N) is 1. The molecule has 6 nitrogen and oxygen atoms in total. The van der Waals surface area contributed by atoms with Gasteiger partial charge in [-0.1, -0.05) is 12.1 Å². The standard InChI is InChI=1S/C20H23N3O3S/c1-26-16-4-2-14(3-5-16)10-17-20(25)23-8-7-22(11-15-6-9-27-13-15)12-18(23)19(24)21-17/h2-6,9,13,17-18H,7-8,10-12H2,1H3,(H,21,24)/t17-,18+/m0/s1. The Morgan fingerprint density at radius 2 is 1.96 bits per heavy atom. The Hall–Kier alpha value is -2.38. The van der Waals surface area contributed by atoms with Crippen LogP contribution in [0.2, 0.25) is 0 Å². The summed E-state index contributed by atoms with van der Waals surface area (Å²) in [6, 6.07) is 8.83. The second kappa shape index (κ2) is 7.70. The predicted molar refractivity (Wildman–Crippen MR) is 104 cm³/mol. The van der Waals surface area contributed by atoms with E-state index in [9.17, 15) is 9.59 Å². The van der Waals surface area contributed by atoms with Crippen molar-refractivity contribution in [2.75, 3.05) is 26.7 Å². The smallest absolute Gasteiger partial charge is 0.246 e. The van der Waals surface area contributed by atoms with Crippen molar-refractivity contribution in [3.63, 3.8) is 0 Å². The molecule has 2 aliphatic heterocycles. The molecule has 0 radical (unpaired) electrons. The van der Waals surface area contributed by atoms with Crippen LogP contribution < -0.4 is 10.1 Å². The average molecular weight is 385 g/mol. The number of carbonyl (C=O) groups excluding carboxylic acids is 2. The molecule has 1 aromatic heterocycles. The number of methoxy groups -OCH3 is 1. The molecule has 2 atom stereocenters. The topological polar surface area (TPSA) is 61.9 Å². The molecule has 2 aromatic rings. The van der Waals surface area contributed by atoms with Crippen molar-refractivity contribution in [1.82, 2.24) is 15.1 Å². The van der Waals surface area contributed by atoms with E-state index in [-0.39, 0.29) is 11.8 Å². The number of rotatable bonds is 5. The summed E-state index contributed by atoms with van der Waals surface area (Å²) in [6.07, 6.45) is 0.496. The van der Waals surface area contributed by atoms with Gasteiger partial charge in [-0.25, -0.2) is 0 Å². The number of benzene rings is 1. The van der Waals surface area contributed by atoms with Gasteiger partial charge in [0.25, 0.3) is 0 Å². The van der Waals surface area contributed by atoms with Gasteiger partial charge in [-0.15, -0.1) is 0 Å². The van der Waals surface area contributed by atoms with E-state index in [4.69, 9.17) is 4.74 Å². The molecular weight excluding hydrogens is 362 g/mol. The molecule has 0 saturated carbocycles. The van der Waals surface area contributed by atoms with Crippen LogP contribution in [0.25, 0.3) is 0 Å². The molecule has 2 saturated heterocycles. The van der Waals surface area contributed by atoms with Crippen LogP contribution in [0.5, 0.6) is 5.75 Å². The van der Waals surface area contributed by atoms with Crippen LogP contribution in [0.1, 0.15) is 11.1 Å². The Morgan fingerprint density at radius 3 is 2.67 bits per heavy atom. The third-order valence-corrected chi connectivity index (χ3v) is 5.98. The van der Waals surface area contributed by atoms with Gasteiger partial charge >= 0.3 is 0 Å². The lowest BCUT2D eigenvalue weighted by molar-refractivity contribution is -0.153. The summed E-state index contributed by atoms with van der Waals surface area (Å²) in [4.78, 5) is 29.6. The number of fused-ring (bicyclic) bond motifs is 1. The highest BCUT2D eigenvalue weighted by Gasteiger charge is 2.43. The molecule has 3 heterocycles. The zero-order valence-electron chi connectivity index (χ0n) is 15.3. The van der Waals surface area contributed by atoms with E-state index in [0.717, 1.165) is 24.4 Å². The van der Waals surface area contributed by atoms with Gasteiger partial charge < -0.3 is 15.0 Å². The highest BCUT2D eigenvalue weighted by atomic mass is 32.1. The molecule has 27 heavy (non-hydrogen) atoms. The summed E-state index contributed by atoms with van der Waals surface area (Å²) in [7, 11) is 1.62. The Morgan fingerprint density at radius 1 is 1.15 bits per heavy atom. The van der Waals surface area contributed by atoms with E-state index in [1.807, 2.05) is 24.3 Å². The third kappa shape index (κ3) is 3.84. The number of thiophene rings is 1. The van der Waals surface area contributed by atoms with Gasteiger partial charge in [0, 0.05) is 32.6 Å². The summed E-state index contributed by atoms with van der Waals surface area (Å²) in [5, 5.41) is 7.13. The summed E-state index contributed by atoms with van der Waals surface area (Å²) in [5.41, 5.74) is 2.26. The molecular formula is C20H23N3O3S. The minimum Gasteiger partial charge on any atom is -0.497 e. The number of nitrogens with zero attached hydrogens (tertiary/aromatic N) is 2. The van der Waals surface area contributed by atoms with Crippen molar-refractivity contribution < 1.29 is 14.3 Å². The first-order valence-electron chi connectivity index (χ1n) is 9.11. The maximum atomic E-state index is 12.9. The van der Waals surface area contributed by atoms with Crippen molar-refractivity contribution in [2.24, 2.45) is 0 Å². The molecule has 142 valence electrons. The quantitative estimate of drug-likeness (QED) is 0.848. The molecule has 2 fully saturated rings. The largest absolute Gasteiger partial charge is 0.497 e. The minimum atomic E-state index is -0.495. The van der Waals surface area contributed by atoms with Crippen molar-refractivity contribution in [1.29, 1.82) is 0 Å². The lowest BCUT2D eigenvalue weighted by Gasteiger charge is -2.45. The van der Waals surface area contributed by atoms with Crippen LogP contribution in [0.4, 0.5) is 0 Å². The Bertz CT molecular complexity index is 806. The number of hydrogen-bond acceptors (Lipinski definition) is 5. The molecule has 1 N–H and O–H groups in total. The van der Waals surface area contributed by atoms with Gasteiger partial charge in [0.2, 0.25) is 11.8 Å². The van der Waals surface area contributed by atoms with Crippen molar-refractivity contribution in [3.8, 4) is 5.75 Å². The van der Waals surface area contributed by atoms with Crippen LogP contribution in [-0.4, -0.2) is 60.4 Å². The number of carbonyl (C=O) groups is 2. The van der Waals surface area contributed by atoms with Crippen LogP contribution in [0.3, 0.4) is 0 Å². The van der Waals surface area contributed by atoms with Crippen molar-refractivity contribution in [3.05, 3.63) is 52.2 Å². The second-order valence-corrected chi connectivity index (χ2v) is 7.81. The normalized spacial score (nSPS) is 23.1. The van der Waals surface area contributed by atoms with Crippen molar-refractivity contribution in [2.45, 2.75) is 25.0 Å². The fraction of sp³-hybridized carbons (Fsp3) is 0.400. The van der Waals surface area contributed by atoms with E-state index in [1.165, 1.54) is 5.56 Å². The zero-order valence-corrected chi connectivity index (χ0v) is 16.1. The number of amides is 2. The minimum absolute atomic E-state index is 0.0191. The van der Waals surface area contributed by atoms with E-state index in [2.05, 4.69) is 27.0 Å². The Balaban J connectivity index is 1.41. The first kappa shape index (κ1) is 18.0. The molecule has 0 unspecified atom stereocenters. The highest BCUT2D eigenvalue weighted by molar-refractivity contribution is 7.07. The molecule has 4 rings (SSSR count). The van der Waals surface area contributed by atoms with E-state index in [1.54, 1.807) is 23.3 Å². The first-order valence-corrected chi connectivity index (χ1v) is 10.1. The molecule has 2 amide bonds. The van der Waals surface area contributed by atoms with Gasteiger partial charge in [-0.2, -0.15) is 11.3 Å². The monoisotopic (exact) mass is 385 g/mol. The van der Waals surface area contributed by atoms with Crippen molar-refractivity contribution >= 4 is 23.2 Å². The lowest BCUT2D eigenvalue weighted by Crippen LogP contribution is -2.69. The van der Waals surface area contributed by atoms with Crippen LogP contribution >= 0.6 is 11.3 Å².